The number of unbranched alkanes of at least 4 members (excludes halogenated alkanes) is 60. The molecule has 0 saturated carbocycles. The Morgan fingerprint density at radius 2 is 0.458 bits per heavy atom. The summed E-state index contributed by atoms with van der Waals surface area (Å²) in [6.45, 7) is 9.22. The first-order valence-electron chi connectivity index (χ1n) is 43.0. The van der Waals surface area contributed by atoms with Crippen molar-refractivity contribution < 1.29 is 16.5 Å². The van der Waals surface area contributed by atoms with Crippen LogP contribution in [-0.2, 0) is 29.3 Å². The summed E-state index contributed by atoms with van der Waals surface area (Å²) in [5.74, 6) is 21.5. The predicted molar refractivity (Wildman–Crippen MR) is 430 cm³/mol. The summed E-state index contributed by atoms with van der Waals surface area (Å²) in [5, 5.41) is 0. The second-order valence-corrected chi connectivity index (χ2v) is 29.4. The number of aliphatic imine (C=N–C) groups is 2. The van der Waals surface area contributed by atoms with Crippen LogP contribution in [0.3, 0.4) is 0 Å². The van der Waals surface area contributed by atoms with Gasteiger partial charge in [-0.15, -0.1) is 23.7 Å². The second-order valence-electron chi connectivity index (χ2n) is 29.4. The van der Waals surface area contributed by atoms with Crippen molar-refractivity contribution in [2.24, 2.45) is 9.98 Å². The van der Waals surface area contributed by atoms with E-state index >= 15 is 0 Å². The van der Waals surface area contributed by atoms with Crippen molar-refractivity contribution in [3.8, 4) is 35.5 Å². The van der Waals surface area contributed by atoms with Crippen molar-refractivity contribution in [2.75, 3.05) is 0 Å². The predicted octanol–water partition coefficient (Wildman–Crippen LogP) is 31.8. The minimum Gasteiger partial charge on any atom is -0.250 e. The molecule has 3 heteroatoms. The van der Waals surface area contributed by atoms with E-state index in [1.807, 2.05) is 0 Å². The third kappa shape index (κ3) is 60.9. The van der Waals surface area contributed by atoms with Gasteiger partial charge in [-0.2, -0.15) is 0 Å². The van der Waals surface area contributed by atoms with Crippen molar-refractivity contribution >= 4 is 22.8 Å². The van der Waals surface area contributed by atoms with Gasteiger partial charge in [-0.05, 0) is 87.0 Å². The second kappa shape index (κ2) is 76.1. The van der Waals surface area contributed by atoms with Crippen molar-refractivity contribution in [1.29, 1.82) is 0 Å². The zero-order chi connectivity index (χ0) is 67.6. The van der Waals surface area contributed by atoms with E-state index in [1.165, 1.54) is 371 Å². The van der Waals surface area contributed by atoms with Crippen molar-refractivity contribution in [1.82, 2.24) is 0 Å². The summed E-state index contributed by atoms with van der Waals surface area (Å²) in [7, 11) is 0. The van der Waals surface area contributed by atoms with Gasteiger partial charge in [-0.1, -0.05) is 423 Å². The van der Waals surface area contributed by atoms with Gasteiger partial charge in [0, 0.05) is 32.1 Å². The van der Waals surface area contributed by atoms with Gasteiger partial charge in [0.25, 0.3) is 0 Å². The smallest absolute Gasteiger partial charge is 0.250 e. The fourth-order valence-electron chi connectivity index (χ4n) is 13.8. The van der Waals surface area contributed by atoms with Crippen LogP contribution in [0.4, 0.5) is 11.4 Å². The molecule has 0 aliphatic rings. The van der Waals surface area contributed by atoms with Gasteiger partial charge in [0.2, 0.25) is 0 Å². The third-order valence-corrected chi connectivity index (χ3v) is 20.2. The van der Waals surface area contributed by atoms with Crippen molar-refractivity contribution in [2.45, 2.75) is 471 Å². The van der Waals surface area contributed by atoms with E-state index in [2.05, 4.69) is 112 Å². The molecule has 0 N–H and O–H groups in total. The Kier molecular flexibility index (Phi) is 72.1. The zero-order valence-corrected chi connectivity index (χ0v) is 65.6. The van der Waals surface area contributed by atoms with E-state index in [4.69, 9.17) is 9.98 Å². The van der Waals surface area contributed by atoms with Crippen molar-refractivity contribution in [3.05, 3.63) is 59.7 Å². The summed E-state index contributed by atoms with van der Waals surface area (Å²) in [6.07, 6.45) is 92.5. The Balaban J connectivity index is 0.0000461. The largest absolute Gasteiger partial charge is 2.00 e. The molecule has 2 nitrogen and oxygen atoms in total. The van der Waals surface area contributed by atoms with Crippen LogP contribution < -0.4 is 0 Å². The van der Waals surface area contributed by atoms with Crippen LogP contribution in [-0.4, -0.2) is 11.4 Å². The molecule has 0 unspecified atom stereocenters. The van der Waals surface area contributed by atoms with Gasteiger partial charge in [0.15, 0.2) is 0 Å². The summed E-state index contributed by atoms with van der Waals surface area (Å²) in [6, 6.07) is 17.6. The van der Waals surface area contributed by atoms with Crippen LogP contribution in [0.15, 0.2) is 58.5 Å². The number of hydrogen-bond donors (Lipinski definition) is 0. The Morgan fingerprint density at radius 1 is 0.240 bits per heavy atom. The molecular formula is C93H158N2Ni+2. The standard InChI is InChI=1S/C93H158N2.Ni/c1-5-9-13-16-19-22-25-28-31-34-37-40-41-42-43-44-45-48-51-54-57-60-63-66-69-72-75-87-93(95-91-86-79-77-83-89(91)81-74-71-68-65-62-59-56-53-50-47-39-36-33-30-27-24-21-18-15-11-7-3)92(84-12-8-4)94-90-85-78-76-82-88(90)80-73-70-67-64-61-58-55-52-49-46-38-35-32-29-26-23-20-17-14-10-6-2;/h76-79,82-83,85-86H,5-63,66,69-74,80-81,84H2,1-4H3;/q;+2/b94-92+,95-93-;. The molecule has 548 valence electrons. The average molecular weight is 1360 g/mol. The molecule has 2 aromatic rings. The fraction of sp³-hybridized carbons (Fsp3) is 0.785. The molecule has 0 radical (unpaired) electrons. The topological polar surface area (TPSA) is 24.7 Å². The summed E-state index contributed by atoms with van der Waals surface area (Å²) in [4.78, 5) is 11.0. The normalized spacial score (nSPS) is 11.5. The first kappa shape index (κ1) is 91.0. The molecule has 0 heterocycles. The van der Waals surface area contributed by atoms with Gasteiger partial charge >= 0.3 is 16.5 Å². The molecule has 0 aliphatic carbocycles. The number of aryl methyl sites for hydroxylation is 2. The van der Waals surface area contributed by atoms with Gasteiger partial charge in [0.1, 0.15) is 5.71 Å². The number of benzene rings is 2. The summed E-state index contributed by atoms with van der Waals surface area (Å²) >= 11 is 0. The minimum atomic E-state index is 0. The molecule has 96 heavy (non-hydrogen) atoms. The molecule has 2 aromatic carbocycles. The molecular weight excluding hydrogens is 1200 g/mol. The SMILES string of the molecule is CCCCCCCCCCCCCCCCCCC#CCCCc1ccccc1/N=C(C#CCCCCCCCCCCCCCCCCCCCCCCCCCCC)\C(CCCC)=N\c1ccccc1CCCC#CCCCCCCCCCCCCCCCCCC.[Ni+2]. The monoisotopic (exact) mass is 1360 g/mol. The van der Waals surface area contributed by atoms with E-state index in [1.54, 1.807) is 0 Å². The van der Waals surface area contributed by atoms with E-state index in [9.17, 15) is 0 Å². The summed E-state index contributed by atoms with van der Waals surface area (Å²) in [5.41, 5.74) is 6.60. The van der Waals surface area contributed by atoms with Gasteiger partial charge in [0.05, 0.1) is 17.1 Å². The van der Waals surface area contributed by atoms with Gasteiger partial charge < -0.3 is 0 Å². The molecule has 0 atom stereocenters. The van der Waals surface area contributed by atoms with E-state index < -0.39 is 0 Å². The molecule has 0 spiro atoms. The molecule has 0 saturated heterocycles. The molecule has 2 rings (SSSR count). The van der Waals surface area contributed by atoms with E-state index in [-0.39, 0.29) is 16.5 Å². The van der Waals surface area contributed by atoms with Crippen LogP contribution in [0, 0.1) is 35.5 Å². The van der Waals surface area contributed by atoms with Crippen LogP contribution in [0.2, 0.25) is 0 Å². The van der Waals surface area contributed by atoms with Gasteiger partial charge in [-0.25, -0.2) is 4.99 Å². The van der Waals surface area contributed by atoms with E-state index in [0.717, 1.165) is 106 Å². The Hall–Kier alpha value is -3.05. The average Bonchev–Trinajstić information content (AvgIpc) is 0.950. The molecule has 0 fully saturated rings. The summed E-state index contributed by atoms with van der Waals surface area (Å²) < 4.78 is 0. The Bertz CT molecular complexity index is 2200. The molecule has 0 bridgehead atoms. The van der Waals surface area contributed by atoms with Crippen molar-refractivity contribution in [3.63, 3.8) is 0 Å². The first-order valence-corrected chi connectivity index (χ1v) is 43.0. The maximum Gasteiger partial charge on any atom is 2.00 e. The van der Waals surface area contributed by atoms with Gasteiger partial charge in [-0.3, -0.25) is 4.99 Å². The number of rotatable bonds is 69. The molecule has 0 aromatic heterocycles. The van der Waals surface area contributed by atoms with Crippen LogP contribution in [0.5, 0.6) is 0 Å². The zero-order valence-electron chi connectivity index (χ0n) is 64.6. The molecule has 0 amide bonds. The number of nitrogens with zero attached hydrogens (tertiary/aromatic N) is 2. The Labute approximate surface area is 611 Å². The quantitative estimate of drug-likeness (QED) is 0.0273. The third-order valence-electron chi connectivity index (χ3n) is 20.2. The first-order chi connectivity index (χ1) is 47.2. The number of para-hydroxylation sites is 2. The number of hydrogen-bond acceptors (Lipinski definition) is 2. The molecule has 0 aliphatic heterocycles. The van der Waals surface area contributed by atoms with E-state index in [0.29, 0.717) is 0 Å². The maximum atomic E-state index is 5.53. The maximum absolute atomic E-state index is 5.53. The van der Waals surface area contributed by atoms with Crippen LogP contribution >= 0.6 is 0 Å². The van der Waals surface area contributed by atoms with Crippen LogP contribution in [0.1, 0.15) is 469 Å². The van der Waals surface area contributed by atoms with Crippen LogP contribution in [0.25, 0.3) is 0 Å². The Morgan fingerprint density at radius 3 is 0.729 bits per heavy atom. The fourth-order valence-corrected chi connectivity index (χ4v) is 13.8. The minimum absolute atomic E-state index is 0.